The molecule has 0 bridgehead atoms. The number of hydrogen-bond donors (Lipinski definition) is 1. The Hall–Kier alpha value is -3.25. The zero-order chi connectivity index (χ0) is 18.1. The Morgan fingerprint density at radius 3 is 2.58 bits per heavy atom. The van der Waals surface area contributed by atoms with Crippen molar-refractivity contribution in [3.8, 4) is 5.69 Å². The first kappa shape index (κ1) is 16.2. The van der Waals surface area contributed by atoms with E-state index in [4.69, 9.17) is 11.6 Å². The maximum Gasteiger partial charge on any atom is 0.267 e. The summed E-state index contributed by atoms with van der Waals surface area (Å²) in [6, 6.07) is 16.8. The molecule has 4 aromatic rings. The van der Waals surface area contributed by atoms with Gasteiger partial charge in [0.25, 0.3) is 5.56 Å². The van der Waals surface area contributed by atoms with Gasteiger partial charge in [0, 0.05) is 5.02 Å². The Bertz CT molecular complexity index is 1140. The topological polar surface area (TPSA) is 59.8 Å². The van der Waals surface area contributed by atoms with Gasteiger partial charge in [0.05, 0.1) is 22.8 Å². The number of hydrogen-bond acceptors (Lipinski definition) is 4. The van der Waals surface area contributed by atoms with E-state index in [0.717, 1.165) is 6.20 Å². The van der Waals surface area contributed by atoms with Crippen LogP contribution in [0.5, 0.6) is 0 Å². The average Bonchev–Trinajstić information content (AvgIpc) is 2.65. The van der Waals surface area contributed by atoms with Gasteiger partial charge in [-0.05, 0) is 42.5 Å². The third kappa shape index (κ3) is 3.02. The van der Waals surface area contributed by atoms with Crippen molar-refractivity contribution in [1.29, 1.82) is 0 Å². The highest BCUT2D eigenvalue weighted by Crippen LogP contribution is 2.21. The summed E-state index contributed by atoms with van der Waals surface area (Å²) in [5, 5.41) is 3.84. The van der Waals surface area contributed by atoms with E-state index in [-0.39, 0.29) is 11.5 Å². The zero-order valence-electron chi connectivity index (χ0n) is 13.4. The highest BCUT2D eigenvalue weighted by Gasteiger charge is 2.14. The molecule has 1 N–H and O–H groups in total. The predicted octanol–water partition coefficient (Wildman–Crippen LogP) is 4.32. The van der Waals surface area contributed by atoms with Gasteiger partial charge in [0.15, 0.2) is 0 Å². The molecular formula is C19H12ClFN4O. The maximum absolute atomic E-state index is 13.1. The Kier molecular flexibility index (Phi) is 4.10. The fraction of sp³-hybridized carbons (Fsp3) is 0. The SMILES string of the molecule is O=c1c2cc(Cl)ccc2nc(Nc2ccc(F)cn2)n1-c1ccccc1. The number of para-hydroxylation sites is 1. The van der Waals surface area contributed by atoms with Crippen LogP contribution in [-0.2, 0) is 0 Å². The number of benzene rings is 2. The first-order chi connectivity index (χ1) is 12.6. The summed E-state index contributed by atoms with van der Waals surface area (Å²) in [6.45, 7) is 0. The number of anilines is 2. The van der Waals surface area contributed by atoms with E-state index in [9.17, 15) is 9.18 Å². The molecule has 0 saturated carbocycles. The molecule has 128 valence electrons. The largest absolute Gasteiger partial charge is 0.310 e. The van der Waals surface area contributed by atoms with Crippen molar-refractivity contribution >= 4 is 34.3 Å². The first-order valence-electron chi connectivity index (χ1n) is 7.78. The molecule has 2 heterocycles. The van der Waals surface area contributed by atoms with Crippen LogP contribution in [0.3, 0.4) is 0 Å². The Morgan fingerprint density at radius 1 is 1.04 bits per heavy atom. The molecule has 0 aliphatic carbocycles. The monoisotopic (exact) mass is 366 g/mol. The van der Waals surface area contributed by atoms with Crippen LogP contribution in [-0.4, -0.2) is 14.5 Å². The highest BCUT2D eigenvalue weighted by atomic mass is 35.5. The fourth-order valence-corrected chi connectivity index (χ4v) is 2.79. The molecule has 0 amide bonds. The number of nitrogens with one attached hydrogen (secondary N) is 1. The molecule has 5 nitrogen and oxygen atoms in total. The molecule has 0 radical (unpaired) electrons. The van der Waals surface area contributed by atoms with Crippen molar-refractivity contribution in [2.24, 2.45) is 0 Å². The molecule has 0 fully saturated rings. The van der Waals surface area contributed by atoms with Crippen molar-refractivity contribution in [2.75, 3.05) is 5.32 Å². The lowest BCUT2D eigenvalue weighted by Gasteiger charge is -2.14. The van der Waals surface area contributed by atoms with Crippen molar-refractivity contribution in [3.05, 3.63) is 88.1 Å². The van der Waals surface area contributed by atoms with E-state index in [2.05, 4.69) is 15.3 Å². The second-order valence-corrected chi connectivity index (χ2v) is 6.00. The van der Waals surface area contributed by atoms with Gasteiger partial charge in [0.1, 0.15) is 11.6 Å². The summed E-state index contributed by atoms with van der Waals surface area (Å²) in [6.07, 6.45) is 1.09. The molecule has 0 aliphatic heterocycles. The van der Waals surface area contributed by atoms with E-state index in [1.54, 1.807) is 30.3 Å². The maximum atomic E-state index is 13.1. The Morgan fingerprint density at radius 2 is 1.85 bits per heavy atom. The van der Waals surface area contributed by atoms with Crippen LogP contribution in [0.25, 0.3) is 16.6 Å². The second kappa shape index (κ2) is 6.57. The molecule has 0 spiro atoms. The molecule has 0 aliphatic rings. The summed E-state index contributed by atoms with van der Waals surface area (Å²) in [7, 11) is 0. The minimum Gasteiger partial charge on any atom is -0.310 e. The van der Waals surface area contributed by atoms with Gasteiger partial charge in [-0.15, -0.1) is 0 Å². The lowest BCUT2D eigenvalue weighted by Crippen LogP contribution is -2.23. The highest BCUT2D eigenvalue weighted by molar-refractivity contribution is 6.31. The Balaban J connectivity index is 1.96. The molecule has 0 atom stereocenters. The minimum atomic E-state index is -0.447. The summed E-state index contributed by atoms with van der Waals surface area (Å²) in [5.74, 6) is 0.198. The standard InChI is InChI=1S/C19H12ClFN4O/c20-12-6-8-16-15(10-12)18(26)25(14-4-2-1-3-5-14)19(23-16)24-17-9-7-13(21)11-22-17/h1-11H,(H,22,23,24). The van der Waals surface area contributed by atoms with Crippen LogP contribution >= 0.6 is 11.6 Å². The molecule has 2 aromatic carbocycles. The van der Waals surface area contributed by atoms with E-state index in [1.165, 1.54) is 16.7 Å². The summed E-state index contributed by atoms with van der Waals surface area (Å²) in [5.41, 5.74) is 0.862. The quantitative estimate of drug-likeness (QED) is 0.586. The van der Waals surface area contributed by atoms with E-state index in [1.807, 2.05) is 18.2 Å². The smallest absolute Gasteiger partial charge is 0.267 e. The van der Waals surface area contributed by atoms with Gasteiger partial charge in [-0.2, -0.15) is 0 Å². The van der Waals surface area contributed by atoms with Crippen molar-refractivity contribution < 1.29 is 4.39 Å². The van der Waals surface area contributed by atoms with Crippen LogP contribution in [0.2, 0.25) is 5.02 Å². The summed E-state index contributed by atoms with van der Waals surface area (Å²) >= 11 is 6.04. The Labute approximate surface area is 152 Å². The molecule has 2 aromatic heterocycles. The molecule has 4 rings (SSSR count). The van der Waals surface area contributed by atoms with E-state index < -0.39 is 5.82 Å². The van der Waals surface area contributed by atoms with Crippen LogP contribution in [0.15, 0.2) is 71.7 Å². The van der Waals surface area contributed by atoms with Crippen LogP contribution in [0.1, 0.15) is 0 Å². The number of halogens is 2. The first-order valence-corrected chi connectivity index (χ1v) is 8.16. The van der Waals surface area contributed by atoms with E-state index in [0.29, 0.717) is 27.4 Å². The van der Waals surface area contributed by atoms with Crippen molar-refractivity contribution in [3.63, 3.8) is 0 Å². The second-order valence-electron chi connectivity index (χ2n) is 5.56. The minimum absolute atomic E-state index is 0.270. The van der Waals surface area contributed by atoms with Gasteiger partial charge in [-0.3, -0.25) is 4.79 Å². The number of aromatic nitrogens is 3. The lowest BCUT2D eigenvalue weighted by atomic mass is 10.2. The number of rotatable bonds is 3. The predicted molar refractivity (Wildman–Crippen MR) is 99.8 cm³/mol. The van der Waals surface area contributed by atoms with Crippen molar-refractivity contribution in [2.45, 2.75) is 0 Å². The fourth-order valence-electron chi connectivity index (χ4n) is 2.62. The van der Waals surface area contributed by atoms with Gasteiger partial charge < -0.3 is 5.32 Å². The van der Waals surface area contributed by atoms with Gasteiger partial charge in [0.2, 0.25) is 5.95 Å². The van der Waals surface area contributed by atoms with Crippen LogP contribution < -0.4 is 10.9 Å². The molecule has 0 unspecified atom stereocenters. The third-order valence-electron chi connectivity index (χ3n) is 3.81. The molecular weight excluding hydrogens is 355 g/mol. The van der Waals surface area contributed by atoms with Crippen LogP contribution in [0.4, 0.5) is 16.2 Å². The number of nitrogens with zero attached hydrogens (tertiary/aromatic N) is 3. The third-order valence-corrected chi connectivity index (χ3v) is 4.05. The van der Waals surface area contributed by atoms with Gasteiger partial charge in [-0.25, -0.2) is 18.9 Å². The zero-order valence-corrected chi connectivity index (χ0v) is 14.1. The van der Waals surface area contributed by atoms with Crippen LogP contribution in [0, 0.1) is 5.82 Å². The average molecular weight is 367 g/mol. The normalized spacial score (nSPS) is 10.8. The van der Waals surface area contributed by atoms with Gasteiger partial charge >= 0.3 is 0 Å². The summed E-state index contributed by atoms with van der Waals surface area (Å²) < 4.78 is 14.5. The van der Waals surface area contributed by atoms with Crippen molar-refractivity contribution in [1.82, 2.24) is 14.5 Å². The van der Waals surface area contributed by atoms with E-state index >= 15 is 0 Å². The molecule has 0 saturated heterocycles. The van der Waals surface area contributed by atoms with Gasteiger partial charge in [-0.1, -0.05) is 29.8 Å². The molecule has 26 heavy (non-hydrogen) atoms. The lowest BCUT2D eigenvalue weighted by molar-refractivity contribution is 0.622. The summed E-state index contributed by atoms with van der Waals surface area (Å²) in [4.78, 5) is 21.6. The number of pyridine rings is 1. The molecule has 7 heteroatoms. The number of fused-ring (bicyclic) bond motifs is 1.